The van der Waals surface area contributed by atoms with Crippen LogP contribution in [0.2, 0.25) is 0 Å². The Labute approximate surface area is 300 Å². The largest absolute Gasteiger partial charge is 0.376 e. The van der Waals surface area contributed by atoms with E-state index in [1.807, 2.05) is 36.2 Å². The highest BCUT2D eigenvalue weighted by molar-refractivity contribution is 6.07. The van der Waals surface area contributed by atoms with Crippen molar-refractivity contribution < 1.29 is 13.9 Å². The highest BCUT2D eigenvalue weighted by atomic mass is 19.1. The highest BCUT2D eigenvalue weighted by Gasteiger charge is 2.32. The third kappa shape index (κ3) is 7.36. The van der Waals surface area contributed by atoms with Gasteiger partial charge in [0.2, 0.25) is 0 Å². The molecule has 0 bridgehead atoms. The number of hydrogen-bond acceptors (Lipinski definition) is 7. The van der Waals surface area contributed by atoms with Crippen LogP contribution in [0.15, 0.2) is 55.5 Å². The van der Waals surface area contributed by atoms with Gasteiger partial charge in [-0.25, -0.2) is 14.4 Å². The number of allylic oxidation sites excluding steroid dienone is 1. The molecule has 7 rings (SSSR count). The van der Waals surface area contributed by atoms with Crippen molar-refractivity contribution in [3.8, 4) is 0 Å². The number of hydrogen-bond donors (Lipinski definition) is 1. The third-order valence-corrected chi connectivity index (χ3v) is 10.2. The predicted molar refractivity (Wildman–Crippen MR) is 202 cm³/mol. The summed E-state index contributed by atoms with van der Waals surface area (Å²) in [5, 5.41) is 3.31. The summed E-state index contributed by atoms with van der Waals surface area (Å²) < 4.78 is 25.8. The number of piperazine rings is 1. The molecule has 1 saturated heterocycles. The Morgan fingerprint density at radius 3 is 2.63 bits per heavy atom. The van der Waals surface area contributed by atoms with Gasteiger partial charge in [-0.1, -0.05) is 20.4 Å². The van der Waals surface area contributed by atoms with Crippen LogP contribution in [0.4, 0.5) is 21.6 Å². The maximum absolute atomic E-state index is 15.6. The number of rotatable bonds is 11. The quantitative estimate of drug-likeness (QED) is 0.186. The number of nitrogens with one attached hydrogen (secondary N) is 1. The summed E-state index contributed by atoms with van der Waals surface area (Å²) in [5.74, 6) is 1.10. The molecule has 3 aliphatic rings. The zero-order valence-corrected chi connectivity index (χ0v) is 30.3. The van der Waals surface area contributed by atoms with Gasteiger partial charge in [-0.15, -0.1) is 0 Å². The van der Waals surface area contributed by atoms with Crippen LogP contribution in [0, 0.1) is 11.7 Å². The summed E-state index contributed by atoms with van der Waals surface area (Å²) in [4.78, 5) is 29.7. The minimum absolute atomic E-state index is 0.0941. The molecule has 11 heteroatoms. The second-order valence-electron chi connectivity index (χ2n) is 14.4. The number of likely N-dealkylation sites (N-methyl/N-ethyl adjacent to an activating group) is 1. The van der Waals surface area contributed by atoms with Crippen molar-refractivity contribution in [2.75, 3.05) is 61.5 Å². The Kier molecular flexibility index (Phi) is 10.1. The molecule has 1 amide bonds. The Hall–Kier alpha value is -4.74. The molecule has 0 saturated carbocycles. The SMILES string of the molecule is C=C(Nc1ccc(N2CCN(C)CC2)cn1)c1nccn1/C=C(\C)c1cc(F)cc(N2CCn3c(cc4c3CCCC4)C2=O)c1COCC(C)C. The van der Waals surface area contributed by atoms with Gasteiger partial charge < -0.3 is 33.9 Å². The van der Waals surface area contributed by atoms with E-state index < -0.39 is 5.82 Å². The first-order chi connectivity index (χ1) is 24.7. The number of imidazole rings is 1. The van der Waals surface area contributed by atoms with E-state index in [0.717, 1.165) is 68.7 Å². The van der Waals surface area contributed by atoms with Crippen molar-refractivity contribution >= 4 is 40.6 Å². The van der Waals surface area contributed by atoms with Crippen molar-refractivity contribution in [3.63, 3.8) is 0 Å². The highest BCUT2D eigenvalue weighted by Crippen LogP contribution is 2.36. The molecule has 2 aliphatic heterocycles. The van der Waals surface area contributed by atoms with Gasteiger partial charge >= 0.3 is 0 Å². The van der Waals surface area contributed by atoms with Crippen LogP contribution in [0.3, 0.4) is 0 Å². The number of aryl methyl sites for hydroxylation is 1. The van der Waals surface area contributed by atoms with Crippen molar-refractivity contribution in [2.45, 2.75) is 59.6 Å². The smallest absolute Gasteiger partial charge is 0.274 e. The zero-order chi connectivity index (χ0) is 35.6. The molecule has 4 aromatic rings. The average Bonchev–Trinajstić information content (AvgIpc) is 3.75. The Balaban J connectivity index is 1.15. The van der Waals surface area contributed by atoms with Crippen LogP contribution >= 0.6 is 0 Å². The number of aromatic nitrogens is 4. The molecular weight excluding hydrogens is 643 g/mol. The van der Waals surface area contributed by atoms with Gasteiger partial charge in [0.05, 0.1) is 29.9 Å². The maximum atomic E-state index is 15.6. The summed E-state index contributed by atoms with van der Waals surface area (Å²) in [7, 11) is 2.15. The van der Waals surface area contributed by atoms with Crippen LogP contribution in [0.1, 0.15) is 72.3 Å². The molecule has 0 spiro atoms. The second-order valence-corrected chi connectivity index (χ2v) is 14.4. The van der Waals surface area contributed by atoms with Crippen molar-refractivity contribution in [2.24, 2.45) is 5.92 Å². The lowest BCUT2D eigenvalue weighted by molar-refractivity contribution is 0.0944. The summed E-state index contributed by atoms with van der Waals surface area (Å²) >= 11 is 0. The molecule has 268 valence electrons. The van der Waals surface area contributed by atoms with Gasteiger partial charge in [0.15, 0.2) is 5.82 Å². The van der Waals surface area contributed by atoms with E-state index in [1.165, 1.54) is 23.4 Å². The monoisotopic (exact) mass is 692 g/mol. The minimum Gasteiger partial charge on any atom is -0.376 e. The normalized spacial score (nSPS) is 16.8. The van der Waals surface area contributed by atoms with Gasteiger partial charge in [0.25, 0.3) is 5.91 Å². The summed E-state index contributed by atoms with van der Waals surface area (Å²) in [6.07, 6.45) is 11.7. The average molecular weight is 693 g/mol. The van der Waals surface area contributed by atoms with Gasteiger partial charge in [0.1, 0.15) is 17.3 Å². The van der Waals surface area contributed by atoms with Gasteiger partial charge in [-0.3, -0.25) is 4.79 Å². The lowest BCUT2D eigenvalue weighted by Crippen LogP contribution is -2.44. The summed E-state index contributed by atoms with van der Waals surface area (Å²) in [6.45, 7) is 16.4. The fourth-order valence-electron chi connectivity index (χ4n) is 7.48. The van der Waals surface area contributed by atoms with Crippen LogP contribution in [0.5, 0.6) is 0 Å². The van der Waals surface area contributed by atoms with Crippen LogP contribution in [-0.2, 0) is 30.7 Å². The topological polar surface area (TPSA) is 83.7 Å². The number of anilines is 3. The Morgan fingerprint density at radius 2 is 1.86 bits per heavy atom. The number of benzene rings is 1. The third-order valence-electron chi connectivity index (χ3n) is 10.2. The molecular formula is C40H49FN8O2. The number of halogens is 1. The molecule has 1 fully saturated rings. The molecule has 51 heavy (non-hydrogen) atoms. The zero-order valence-electron chi connectivity index (χ0n) is 30.3. The Bertz CT molecular complexity index is 1930. The van der Waals surface area contributed by atoms with Gasteiger partial charge in [-0.2, -0.15) is 0 Å². The molecule has 0 radical (unpaired) electrons. The van der Waals surface area contributed by atoms with Crippen molar-refractivity contribution in [3.05, 3.63) is 95.2 Å². The van der Waals surface area contributed by atoms with Crippen molar-refractivity contribution in [1.29, 1.82) is 0 Å². The Morgan fingerprint density at radius 1 is 1.06 bits per heavy atom. The van der Waals surface area contributed by atoms with E-state index in [-0.39, 0.29) is 12.5 Å². The first kappa shape index (κ1) is 34.7. The van der Waals surface area contributed by atoms with Crippen LogP contribution in [0.25, 0.3) is 17.5 Å². The van der Waals surface area contributed by atoms with Crippen molar-refractivity contribution in [1.82, 2.24) is 24.0 Å². The molecule has 1 aromatic carbocycles. The summed E-state index contributed by atoms with van der Waals surface area (Å²) in [5.41, 5.74) is 7.75. The maximum Gasteiger partial charge on any atom is 0.274 e. The molecule has 1 aliphatic carbocycles. The number of carbonyl (C=O) groups is 1. The molecule has 1 N–H and O–H groups in total. The van der Waals surface area contributed by atoms with E-state index in [9.17, 15) is 4.79 Å². The van der Waals surface area contributed by atoms with Crippen LogP contribution in [-0.4, -0.2) is 76.3 Å². The molecule has 3 aromatic heterocycles. The first-order valence-corrected chi connectivity index (χ1v) is 18.2. The molecule has 0 atom stereocenters. The number of amides is 1. The van der Waals surface area contributed by atoms with E-state index in [1.54, 1.807) is 11.1 Å². The lowest BCUT2D eigenvalue weighted by Gasteiger charge is -2.33. The number of nitrogens with zero attached hydrogens (tertiary/aromatic N) is 7. The molecule has 10 nitrogen and oxygen atoms in total. The number of carbonyl (C=O) groups excluding carboxylic acids is 1. The van der Waals surface area contributed by atoms with Gasteiger partial charge in [-0.05, 0) is 92.6 Å². The van der Waals surface area contributed by atoms with Gasteiger partial charge in [0, 0.05) is 75.7 Å². The fraction of sp³-hybridized carbons (Fsp3) is 0.425. The fourth-order valence-corrected chi connectivity index (χ4v) is 7.48. The van der Waals surface area contributed by atoms with E-state index >= 15 is 4.39 Å². The van der Waals surface area contributed by atoms with E-state index in [2.05, 4.69) is 69.3 Å². The standard InChI is InChI=1S/C40H49FN8O2/c1-27(2)25-51-26-34-33(21-31(41)22-36(34)49-19-18-48-35-9-7-6-8-30(35)20-37(48)40(49)50)28(3)24-47-13-12-42-39(47)29(4)44-38-11-10-32(23-43-38)46-16-14-45(5)15-17-46/h10-13,20-24,27H,4,6-9,14-19,25-26H2,1-3,5H3,(H,43,44)/b28-24+. The number of pyridine rings is 1. The van der Waals surface area contributed by atoms with E-state index in [4.69, 9.17) is 4.74 Å². The van der Waals surface area contributed by atoms with Crippen LogP contribution < -0.4 is 15.1 Å². The first-order valence-electron chi connectivity index (χ1n) is 18.2. The number of fused-ring (bicyclic) bond motifs is 3. The number of ether oxygens (including phenoxy) is 1. The lowest BCUT2D eigenvalue weighted by atomic mass is 9.98. The minimum atomic E-state index is -0.406. The van der Waals surface area contributed by atoms with E-state index in [0.29, 0.717) is 59.9 Å². The molecule has 5 heterocycles. The molecule has 0 unspecified atom stereocenters. The summed E-state index contributed by atoms with van der Waals surface area (Å²) in [6, 6.07) is 9.11. The predicted octanol–water partition coefficient (Wildman–Crippen LogP) is 6.78. The second kappa shape index (κ2) is 14.9.